The highest BCUT2D eigenvalue weighted by molar-refractivity contribution is 6.01. The third kappa shape index (κ3) is 2.31. The molecule has 0 radical (unpaired) electrons. The molecule has 0 bridgehead atoms. The normalized spacial score (nSPS) is 23.4. The maximum absolute atomic E-state index is 11.6. The fourth-order valence-electron chi connectivity index (χ4n) is 1.31. The SMILES string of the molecule is COc1ccc(/C=C/C(=O)[C@@]2(C)CO2)cc1. The van der Waals surface area contributed by atoms with Gasteiger partial charge in [-0.3, -0.25) is 4.79 Å². The number of hydrogen-bond acceptors (Lipinski definition) is 3. The van der Waals surface area contributed by atoms with E-state index in [1.807, 2.05) is 24.3 Å². The quantitative estimate of drug-likeness (QED) is 0.573. The smallest absolute Gasteiger partial charge is 0.189 e. The summed E-state index contributed by atoms with van der Waals surface area (Å²) in [5, 5.41) is 0. The van der Waals surface area contributed by atoms with Gasteiger partial charge in [0.15, 0.2) is 11.4 Å². The van der Waals surface area contributed by atoms with Gasteiger partial charge in [0.25, 0.3) is 0 Å². The van der Waals surface area contributed by atoms with Gasteiger partial charge in [-0.2, -0.15) is 0 Å². The van der Waals surface area contributed by atoms with E-state index >= 15 is 0 Å². The second-order valence-corrected chi connectivity index (χ2v) is 3.99. The average Bonchev–Trinajstić information content (AvgIpc) is 3.06. The average molecular weight is 218 g/mol. The van der Waals surface area contributed by atoms with Gasteiger partial charge in [-0.1, -0.05) is 18.2 Å². The Labute approximate surface area is 94.7 Å². The third-order valence-electron chi connectivity index (χ3n) is 2.64. The predicted octanol–water partition coefficient (Wildman–Crippen LogP) is 2.07. The lowest BCUT2D eigenvalue weighted by Gasteiger charge is -2.00. The highest BCUT2D eigenvalue weighted by Crippen LogP contribution is 2.27. The number of carbonyl (C=O) groups excluding carboxylic acids is 1. The molecular weight excluding hydrogens is 204 g/mol. The van der Waals surface area contributed by atoms with Crippen LogP contribution in [0, 0.1) is 0 Å². The number of benzene rings is 1. The Morgan fingerprint density at radius 3 is 2.56 bits per heavy atom. The standard InChI is InChI=1S/C13H14O3/c1-13(9-16-13)12(14)8-5-10-3-6-11(15-2)7-4-10/h3-8H,9H2,1-2H3/b8-5+/t13-/m1/s1. The lowest BCUT2D eigenvalue weighted by atomic mass is 10.1. The van der Waals surface area contributed by atoms with Crippen molar-refractivity contribution in [1.29, 1.82) is 0 Å². The summed E-state index contributed by atoms with van der Waals surface area (Å²) in [4.78, 5) is 11.6. The predicted molar refractivity (Wildman–Crippen MR) is 61.4 cm³/mol. The number of hydrogen-bond donors (Lipinski definition) is 0. The molecule has 0 spiro atoms. The van der Waals surface area contributed by atoms with E-state index in [9.17, 15) is 4.79 Å². The topological polar surface area (TPSA) is 38.8 Å². The van der Waals surface area contributed by atoms with Gasteiger partial charge in [0.2, 0.25) is 0 Å². The van der Waals surface area contributed by atoms with E-state index < -0.39 is 5.60 Å². The minimum absolute atomic E-state index is 0.0170. The van der Waals surface area contributed by atoms with Gasteiger partial charge in [0.1, 0.15) is 5.75 Å². The van der Waals surface area contributed by atoms with Crippen molar-refractivity contribution in [3.63, 3.8) is 0 Å². The van der Waals surface area contributed by atoms with E-state index in [-0.39, 0.29) is 5.78 Å². The Morgan fingerprint density at radius 2 is 2.06 bits per heavy atom. The van der Waals surface area contributed by atoms with Gasteiger partial charge < -0.3 is 9.47 Å². The zero-order valence-electron chi connectivity index (χ0n) is 9.40. The van der Waals surface area contributed by atoms with Crippen molar-refractivity contribution in [1.82, 2.24) is 0 Å². The summed E-state index contributed by atoms with van der Waals surface area (Å²) in [6, 6.07) is 7.52. The molecule has 1 aromatic rings. The van der Waals surface area contributed by atoms with Gasteiger partial charge in [-0.05, 0) is 30.7 Å². The van der Waals surface area contributed by atoms with Crippen molar-refractivity contribution < 1.29 is 14.3 Å². The molecule has 0 N–H and O–H groups in total. The summed E-state index contributed by atoms with van der Waals surface area (Å²) in [6.07, 6.45) is 3.35. The molecule has 1 heterocycles. The van der Waals surface area contributed by atoms with Crippen molar-refractivity contribution in [3.8, 4) is 5.75 Å². The Balaban J connectivity index is 2.03. The van der Waals surface area contributed by atoms with Crippen molar-refractivity contribution in [2.24, 2.45) is 0 Å². The molecular formula is C13H14O3. The van der Waals surface area contributed by atoms with Crippen molar-refractivity contribution >= 4 is 11.9 Å². The molecule has 1 atom stereocenters. The van der Waals surface area contributed by atoms with Gasteiger partial charge in [0, 0.05) is 0 Å². The Hall–Kier alpha value is -1.61. The summed E-state index contributed by atoms with van der Waals surface area (Å²) in [6.45, 7) is 2.33. The maximum Gasteiger partial charge on any atom is 0.189 e. The van der Waals surface area contributed by atoms with Gasteiger partial charge in [-0.15, -0.1) is 0 Å². The van der Waals surface area contributed by atoms with Crippen LogP contribution in [0.3, 0.4) is 0 Å². The molecule has 1 aromatic carbocycles. The molecule has 0 aromatic heterocycles. The Kier molecular flexibility index (Phi) is 2.79. The first-order chi connectivity index (χ1) is 7.64. The Bertz CT molecular complexity index is 413. The fraction of sp³-hybridized carbons (Fsp3) is 0.308. The van der Waals surface area contributed by atoms with Crippen LogP contribution < -0.4 is 4.74 Å². The van der Waals surface area contributed by atoms with Crippen LogP contribution in [0.25, 0.3) is 6.08 Å². The third-order valence-corrected chi connectivity index (χ3v) is 2.64. The number of rotatable bonds is 4. The summed E-state index contributed by atoms with van der Waals surface area (Å²) < 4.78 is 10.1. The summed E-state index contributed by atoms with van der Waals surface area (Å²) in [5.74, 6) is 0.823. The molecule has 1 saturated heterocycles. The molecule has 0 aliphatic carbocycles. The van der Waals surface area contributed by atoms with Crippen LogP contribution in [0.4, 0.5) is 0 Å². The maximum atomic E-state index is 11.6. The van der Waals surface area contributed by atoms with Gasteiger partial charge in [0.05, 0.1) is 13.7 Å². The fourth-order valence-corrected chi connectivity index (χ4v) is 1.31. The van der Waals surface area contributed by atoms with Crippen LogP contribution in [0.1, 0.15) is 12.5 Å². The van der Waals surface area contributed by atoms with Crippen LogP contribution in [0.5, 0.6) is 5.75 Å². The molecule has 2 rings (SSSR count). The van der Waals surface area contributed by atoms with Crippen LogP contribution in [0.15, 0.2) is 30.3 Å². The molecule has 0 saturated carbocycles. The largest absolute Gasteiger partial charge is 0.497 e. The lowest BCUT2D eigenvalue weighted by Crippen LogP contribution is -2.17. The van der Waals surface area contributed by atoms with Crippen LogP contribution in [-0.2, 0) is 9.53 Å². The van der Waals surface area contributed by atoms with Crippen molar-refractivity contribution in [2.45, 2.75) is 12.5 Å². The van der Waals surface area contributed by atoms with Crippen molar-refractivity contribution in [3.05, 3.63) is 35.9 Å². The second-order valence-electron chi connectivity index (χ2n) is 3.99. The highest BCUT2D eigenvalue weighted by atomic mass is 16.6. The summed E-state index contributed by atoms with van der Waals surface area (Å²) in [5.41, 5.74) is 0.404. The number of ether oxygens (including phenoxy) is 2. The van der Waals surface area contributed by atoms with Crippen LogP contribution >= 0.6 is 0 Å². The van der Waals surface area contributed by atoms with E-state index in [2.05, 4.69) is 0 Å². The monoisotopic (exact) mass is 218 g/mol. The highest BCUT2D eigenvalue weighted by Gasteiger charge is 2.45. The molecule has 3 heteroatoms. The van der Waals surface area contributed by atoms with E-state index in [0.717, 1.165) is 11.3 Å². The van der Waals surface area contributed by atoms with Crippen LogP contribution in [0.2, 0.25) is 0 Å². The summed E-state index contributed by atoms with van der Waals surface area (Å²) >= 11 is 0. The molecule has 0 amide bonds. The minimum atomic E-state index is -0.566. The first-order valence-electron chi connectivity index (χ1n) is 5.14. The number of epoxide rings is 1. The molecule has 3 nitrogen and oxygen atoms in total. The molecule has 1 fully saturated rings. The first kappa shape index (κ1) is 10.9. The number of methoxy groups -OCH3 is 1. The lowest BCUT2D eigenvalue weighted by molar-refractivity contribution is -0.118. The molecule has 1 aliphatic rings. The molecule has 16 heavy (non-hydrogen) atoms. The van der Waals surface area contributed by atoms with E-state index in [4.69, 9.17) is 9.47 Å². The van der Waals surface area contributed by atoms with Crippen molar-refractivity contribution in [2.75, 3.05) is 13.7 Å². The molecule has 0 unspecified atom stereocenters. The van der Waals surface area contributed by atoms with Gasteiger partial charge in [-0.25, -0.2) is 0 Å². The van der Waals surface area contributed by atoms with E-state index in [1.54, 1.807) is 26.2 Å². The van der Waals surface area contributed by atoms with Crippen LogP contribution in [-0.4, -0.2) is 25.1 Å². The minimum Gasteiger partial charge on any atom is -0.497 e. The Morgan fingerprint density at radius 1 is 1.44 bits per heavy atom. The number of ketones is 1. The van der Waals surface area contributed by atoms with E-state index in [0.29, 0.717) is 6.61 Å². The first-order valence-corrected chi connectivity index (χ1v) is 5.14. The summed E-state index contributed by atoms with van der Waals surface area (Å²) in [7, 11) is 1.62. The number of carbonyl (C=O) groups is 1. The van der Waals surface area contributed by atoms with E-state index in [1.165, 1.54) is 0 Å². The zero-order valence-corrected chi connectivity index (χ0v) is 9.40. The van der Waals surface area contributed by atoms with Gasteiger partial charge >= 0.3 is 0 Å². The zero-order chi connectivity index (χ0) is 11.6. The molecule has 1 aliphatic heterocycles. The second kappa shape index (κ2) is 4.10. The molecule has 84 valence electrons.